The highest BCUT2D eigenvalue weighted by Gasteiger charge is 1.95. The Labute approximate surface area is 130 Å². The second-order valence-corrected chi connectivity index (χ2v) is 4.34. The van der Waals surface area contributed by atoms with Crippen LogP contribution in [0.2, 0.25) is 0 Å². The van der Waals surface area contributed by atoms with Gasteiger partial charge in [-0.2, -0.15) is 5.26 Å². The van der Waals surface area contributed by atoms with Crippen LogP contribution in [-0.4, -0.2) is 5.11 Å². The molecule has 0 radical (unpaired) electrons. The van der Waals surface area contributed by atoms with Gasteiger partial charge in [0.15, 0.2) is 0 Å². The number of nitrogens with zero attached hydrogens (tertiary/aromatic N) is 1. The summed E-state index contributed by atoms with van der Waals surface area (Å²) in [6.07, 6.45) is 3.29. The van der Waals surface area contributed by atoms with Crippen molar-refractivity contribution in [3.63, 3.8) is 0 Å². The van der Waals surface area contributed by atoms with E-state index in [-0.39, 0.29) is 6.61 Å². The van der Waals surface area contributed by atoms with Crippen molar-refractivity contribution in [1.29, 1.82) is 5.26 Å². The molecule has 0 atom stereocenters. The maximum absolute atomic E-state index is 9.20. The van der Waals surface area contributed by atoms with Gasteiger partial charge in [-0.25, -0.2) is 0 Å². The average molecular weight is 283 g/mol. The van der Waals surface area contributed by atoms with E-state index in [2.05, 4.69) is 29.8 Å². The van der Waals surface area contributed by atoms with E-state index in [4.69, 9.17) is 5.26 Å². The minimum Gasteiger partial charge on any atom is -0.392 e. The maximum Gasteiger partial charge on any atom is 0.100 e. The van der Waals surface area contributed by atoms with Gasteiger partial charge in [-0.1, -0.05) is 54.0 Å². The lowest BCUT2D eigenvalue weighted by molar-refractivity contribution is 0.281. The van der Waals surface area contributed by atoms with E-state index in [1.54, 1.807) is 18.2 Å². The number of hydrogen-bond acceptors (Lipinski definition) is 2. The molecule has 2 rings (SSSR count). The zero-order valence-corrected chi connectivity index (χ0v) is 11.9. The first-order chi connectivity index (χ1) is 10.8. The number of aliphatic hydroxyl groups excluding tert-OH is 1. The smallest absolute Gasteiger partial charge is 0.100 e. The fraction of sp³-hybridized carbons (Fsp3) is 0.0500. The summed E-state index contributed by atoms with van der Waals surface area (Å²) in [7, 11) is 0. The Morgan fingerprint density at radius 3 is 2.00 bits per heavy atom. The summed E-state index contributed by atoms with van der Waals surface area (Å²) in [5.74, 6) is 11.6. The second-order valence-electron chi connectivity index (χ2n) is 4.34. The first-order valence-electron chi connectivity index (χ1n) is 6.71. The van der Waals surface area contributed by atoms with Gasteiger partial charge in [-0.05, 0) is 35.9 Å². The number of allylic oxidation sites excluding steroid dienone is 2. The van der Waals surface area contributed by atoms with Crippen molar-refractivity contribution in [1.82, 2.24) is 0 Å². The van der Waals surface area contributed by atoms with E-state index in [1.807, 2.05) is 42.5 Å². The Bertz CT molecular complexity index is 849. The summed E-state index contributed by atoms with van der Waals surface area (Å²) >= 11 is 0. The Morgan fingerprint density at radius 2 is 1.36 bits per heavy atom. The number of nitriles is 1. The molecule has 2 aromatic rings. The van der Waals surface area contributed by atoms with Crippen molar-refractivity contribution < 1.29 is 5.11 Å². The monoisotopic (exact) mass is 283 g/mol. The summed E-state index contributed by atoms with van der Waals surface area (Å²) in [6.45, 7) is -0.0285. The van der Waals surface area contributed by atoms with Crippen LogP contribution in [0.25, 0.3) is 0 Å². The van der Waals surface area contributed by atoms with E-state index >= 15 is 0 Å². The van der Waals surface area contributed by atoms with Gasteiger partial charge in [0, 0.05) is 11.1 Å². The van der Waals surface area contributed by atoms with E-state index < -0.39 is 0 Å². The summed E-state index contributed by atoms with van der Waals surface area (Å²) in [6, 6.07) is 16.8. The summed E-state index contributed by atoms with van der Waals surface area (Å²) in [4.78, 5) is 0. The Kier molecular flexibility index (Phi) is 5.60. The van der Waals surface area contributed by atoms with Crippen molar-refractivity contribution in [3.05, 3.63) is 82.9 Å². The Morgan fingerprint density at radius 1 is 0.818 bits per heavy atom. The van der Waals surface area contributed by atoms with E-state index in [9.17, 15) is 5.11 Å². The first-order valence-corrected chi connectivity index (χ1v) is 6.71. The second kappa shape index (κ2) is 8.13. The lowest BCUT2D eigenvalue weighted by atomic mass is 10.1. The van der Waals surface area contributed by atoms with Gasteiger partial charge in [0.2, 0.25) is 0 Å². The molecule has 0 aliphatic rings. The van der Waals surface area contributed by atoms with Gasteiger partial charge >= 0.3 is 0 Å². The third-order valence-electron chi connectivity index (χ3n) is 2.90. The van der Waals surface area contributed by atoms with Gasteiger partial charge < -0.3 is 5.11 Å². The van der Waals surface area contributed by atoms with Gasteiger partial charge in [0.05, 0.1) is 12.2 Å². The summed E-state index contributed by atoms with van der Waals surface area (Å²) < 4.78 is 0. The maximum atomic E-state index is 9.20. The predicted molar refractivity (Wildman–Crippen MR) is 86.4 cm³/mol. The van der Waals surface area contributed by atoms with Crippen LogP contribution in [0.1, 0.15) is 22.3 Å². The fourth-order valence-electron chi connectivity index (χ4n) is 1.79. The lowest BCUT2D eigenvalue weighted by Crippen LogP contribution is -1.87. The van der Waals surface area contributed by atoms with E-state index in [0.717, 1.165) is 11.1 Å². The molecule has 0 aliphatic heterocycles. The van der Waals surface area contributed by atoms with Gasteiger partial charge in [-0.3, -0.25) is 0 Å². The zero-order valence-electron chi connectivity index (χ0n) is 11.9. The number of benzene rings is 2. The Balaban J connectivity index is 2.08. The van der Waals surface area contributed by atoms with Crippen LogP contribution in [0.15, 0.2) is 60.7 Å². The van der Waals surface area contributed by atoms with E-state index in [1.165, 1.54) is 0 Å². The molecule has 0 unspecified atom stereocenters. The minimum atomic E-state index is -0.0285. The van der Waals surface area contributed by atoms with Gasteiger partial charge in [0.25, 0.3) is 0 Å². The molecule has 1 N–H and O–H groups in total. The lowest BCUT2D eigenvalue weighted by Gasteiger charge is -1.97. The molecule has 2 aromatic carbocycles. The highest BCUT2D eigenvalue weighted by Crippen LogP contribution is 2.06. The Hall–Kier alpha value is -3.25. The molecule has 0 saturated heterocycles. The van der Waals surface area contributed by atoms with Crippen molar-refractivity contribution in [3.8, 4) is 29.8 Å². The topological polar surface area (TPSA) is 44.0 Å². The standard InChI is InChI=1S/C20H13NO/c21-15-19-13-7-5-11-17(19)9-3-1-2-4-10-18-12-6-8-14-20(18)16-22/h1-2,5-8,11-14,22H,16H2. The molecule has 0 aromatic heterocycles. The van der Waals surface area contributed by atoms with Crippen LogP contribution in [0.4, 0.5) is 0 Å². The van der Waals surface area contributed by atoms with Crippen LogP contribution in [0.3, 0.4) is 0 Å². The molecular weight excluding hydrogens is 270 g/mol. The highest BCUT2D eigenvalue weighted by atomic mass is 16.3. The quantitative estimate of drug-likeness (QED) is 0.818. The summed E-state index contributed by atoms with van der Waals surface area (Å²) in [5.41, 5.74) is 2.87. The predicted octanol–water partition coefficient (Wildman–Crippen LogP) is 3.01. The van der Waals surface area contributed by atoms with Gasteiger partial charge in [-0.15, -0.1) is 0 Å². The van der Waals surface area contributed by atoms with Crippen molar-refractivity contribution >= 4 is 0 Å². The normalized spacial score (nSPS) is 9.27. The molecule has 2 heteroatoms. The van der Waals surface area contributed by atoms with Crippen LogP contribution in [0, 0.1) is 35.0 Å². The molecule has 0 fully saturated rings. The number of hydrogen-bond donors (Lipinski definition) is 1. The third-order valence-corrected chi connectivity index (χ3v) is 2.90. The molecule has 0 spiro atoms. The van der Waals surface area contributed by atoms with Crippen LogP contribution in [0.5, 0.6) is 0 Å². The molecule has 2 nitrogen and oxygen atoms in total. The molecule has 0 bridgehead atoms. The molecule has 22 heavy (non-hydrogen) atoms. The average Bonchev–Trinajstić information content (AvgIpc) is 2.58. The van der Waals surface area contributed by atoms with Crippen LogP contribution < -0.4 is 0 Å². The minimum absolute atomic E-state index is 0.0285. The summed E-state index contributed by atoms with van der Waals surface area (Å²) in [5, 5.41) is 18.2. The number of rotatable bonds is 1. The van der Waals surface area contributed by atoms with Crippen molar-refractivity contribution in [2.24, 2.45) is 0 Å². The fourth-order valence-corrected chi connectivity index (χ4v) is 1.79. The van der Waals surface area contributed by atoms with Crippen molar-refractivity contribution in [2.45, 2.75) is 6.61 Å². The molecule has 0 saturated carbocycles. The molecule has 0 aliphatic carbocycles. The molecular formula is C20H13NO. The number of aliphatic hydroxyl groups is 1. The van der Waals surface area contributed by atoms with Gasteiger partial charge in [0.1, 0.15) is 6.07 Å². The van der Waals surface area contributed by atoms with Crippen molar-refractivity contribution in [2.75, 3.05) is 0 Å². The molecule has 0 amide bonds. The zero-order chi connectivity index (χ0) is 15.6. The molecule has 104 valence electrons. The molecule has 0 heterocycles. The third kappa shape index (κ3) is 4.12. The van der Waals surface area contributed by atoms with Crippen LogP contribution in [-0.2, 0) is 6.61 Å². The SMILES string of the molecule is N#Cc1ccccc1C#CC=CC#Cc1ccccc1CO. The highest BCUT2D eigenvalue weighted by molar-refractivity contribution is 5.49. The van der Waals surface area contributed by atoms with Crippen LogP contribution >= 0.6 is 0 Å². The largest absolute Gasteiger partial charge is 0.392 e. The van der Waals surface area contributed by atoms with E-state index in [0.29, 0.717) is 11.1 Å². The first kappa shape index (κ1) is 15.1.